The molecule has 0 unspecified atom stereocenters. The fourth-order valence-corrected chi connectivity index (χ4v) is 5.81. The molecule has 132 valence electrons. The van der Waals surface area contributed by atoms with Gasteiger partial charge in [0, 0.05) is 0 Å². The van der Waals surface area contributed by atoms with Crippen LogP contribution in [0.15, 0.2) is 32.9 Å². The molecule has 9 heteroatoms. The molecule has 1 aromatic carbocycles. The Hall–Kier alpha value is -0.930. The van der Waals surface area contributed by atoms with Gasteiger partial charge in [0.15, 0.2) is 29.5 Å². The standard InChI is InChI=1S/C14H22O6S3/c1-6-21(15,16)14-9-12(22(17,18)10(2)3)7-8-13(14)23(19,20)11(4)5/h7-11H,6H2,1-5H3. The van der Waals surface area contributed by atoms with Crippen molar-refractivity contribution in [2.75, 3.05) is 5.75 Å². The van der Waals surface area contributed by atoms with Crippen LogP contribution in [0.5, 0.6) is 0 Å². The highest BCUT2D eigenvalue weighted by atomic mass is 32.2. The van der Waals surface area contributed by atoms with Crippen molar-refractivity contribution in [1.82, 2.24) is 0 Å². The molecule has 6 nitrogen and oxygen atoms in total. The van der Waals surface area contributed by atoms with Gasteiger partial charge in [0.25, 0.3) is 0 Å². The number of hydrogen-bond donors (Lipinski definition) is 0. The Morgan fingerprint density at radius 2 is 1.26 bits per heavy atom. The van der Waals surface area contributed by atoms with Gasteiger partial charge in [-0.3, -0.25) is 0 Å². The van der Waals surface area contributed by atoms with E-state index in [1.165, 1.54) is 34.6 Å². The van der Waals surface area contributed by atoms with Crippen LogP contribution in [0, 0.1) is 0 Å². The maximum atomic E-state index is 12.4. The average Bonchev–Trinajstić information content (AvgIpc) is 2.46. The Labute approximate surface area is 138 Å². The molecule has 0 atom stereocenters. The van der Waals surface area contributed by atoms with E-state index in [-0.39, 0.29) is 15.5 Å². The zero-order valence-corrected chi connectivity index (χ0v) is 16.2. The molecule has 0 saturated carbocycles. The normalized spacial score (nSPS) is 13.7. The molecule has 0 aromatic heterocycles. The molecule has 0 bridgehead atoms. The van der Waals surface area contributed by atoms with Crippen LogP contribution in [0.3, 0.4) is 0 Å². The van der Waals surface area contributed by atoms with Gasteiger partial charge < -0.3 is 0 Å². The summed E-state index contributed by atoms with van der Waals surface area (Å²) < 4.78 is 73.9. The summed E-state index contributed by atoms with van der Waals surface area (Å²) in [4.78, 5) is -0.991. The second kappa shape index (κ2) is 6.52. The van der Waals surface area contributed by atoms with Crippen LogP contribution in [0.4, 0.5) is 0 Å². The fourth-order valence-electron chi connectivity index (χ4n) is 1.83. The molecule has 0 heterocycles. The van der Waals surface area contributed by atoms with Gasteiger partial charge in [-0.1, -0.05) is 6.92 Å². The minimum atomic E-state index is -3.90. The maximum Gasteiger partial charge on any atom is 0.181 e. The molecule has 0 saturated heterocycles. The third-order valence-corrected chi connectivity index (χ3v) is 9.77. The molecule has 1 aromatic rings. The van der Waals surface area contributed by atoms with Crippen molar-refractivity contribution in [3.63, 3.8) is 0 Å². The van der Waals surface area contributed by atoms with Crippen LogP contribution in [0.2, 0.25) is 0 Å². The first-order valence-electron chi connectivity index (χ1n) is 7.13. The molecule has 0 fully saturated rings. The predicted molar refractivity (Wildman–Crippen MR) is 88.8 cm³/mol. The van der Waals surface area contributed by atoms with E-state index in [0.717, 1.165) is 18.2 Å². The highest BCUT2D eigenvalue weighted by Crippen LogP contribution is 2.29. The zero-order chi connectivity index (χ0) is 18.2. The Kier molecular flexibility index (Phi) is 5.71. The Bertz CT molecular complexity index is 892. The summed E-state index contributed by atoms with van der Waals surface area (Å²) in [6, 6.07) is 3.19. The summed E-state index contributed by atoms with van der Waals surface area (Å²) in [7, 11) is -11.5. The number of hydrogen-bond acceptors (Lipinski definition) is 6. The highest BCUT2D eigenvalue weighted by Gasteiger charge is 2.30. The van der Waals surface area contributed by atoms with Gasteiger partial charge in [-0.25, -0.2) is 25.3 Å². The molecule has 0 amide bonds. The molecular weight excluding hydrogens is 360 g/mol. The Morgan fingerprint density at radius 3 is 1.65 bits per heavy atom. The minimum Gasteiger partial charge on any atom is -0.224 e. The summed E-state index contributed by atoms with van der Waals surface area (Å²) in [5, 5.41) is -1.56. The summed E-state index contributed by atoms with van der Waals surface area (Å²) >= 11 is 0. The van der Waals surface area contributed by atoms with Crippen LogP contribution in [-0.4, -0.2) is 41.5 Å². The van der Waals surface area contributed by atoms with Crippen molar-refractivity contribution >= 4 is 29.5 Å². The molecule has 23 heavy (non-hydrogen) atoms. The lowest BCUT2D eigenvalue weighted by Gasteiger charge is -2.15. The predicted octanol–water partition coefficient (Wildman–Crippen LogP) is 1.84. The van der Waals surface area contributed by atoms with Crippen LogP contribution in [0.25, 0.3) is 0 Å². The quantitative estimate of drug-likeness (QED) is 0.744. The summed E-state index contributed by atoms with van der Waals surface area (Å²) in [5.41, 5.74) is 0. The van der Waals surface area contributed by atoms with E-state index in [1.807, 2.05) is 0 Å². The SMILES string of the molecule is CCS(=O)(=O)c1cc(S(=O)(=O)C(C)C)ccc1S(=O)(=O)C(C)C. The van der Waals surface area contributed by atoms with E-state index in [2.05, 4.69) is 0 Å². The topological polar surface area (TPSA) is 102 Å². The van der Waals surface area contributed by atoms with Crippen molar-refractivity contribution in [3.8, 4) is 0 Å². The fraction of sp³-hybridized carbons (Fsp3) is 0.571. The van der Waals surface area contributed by atoms with Gasteiger partial charge in [0.1, 0.15) is 0 Å². The average molecular weight is 383 g/mol. The van der Waals surface area contributed by atoms with Crippen LogP contribution in [0.1, 0.15) is 34.6 Å². The molecule has 0 spiro atoms. The maximum absolute atomic E-state index is 12.4. The van der Waals surface area contributed by atoms with Crippen molar-refractivity contribution in [2.24, 2.45) is 0 Å². The lowest BCUT2D eigenvalue weighted by Crippen LogP contribution is -2.20. The van der Waals surface area contributed by atoms with E-state index < -0.39 is 44.9 Å². The summed E-state index contributed by atoms with van der Waals surface area (Å²) in [6.45, 7) is 7.21. The van der Waals surface area contributed by atoms with Crippen molar-refractivity contribution in [1.29, 1.82) is 0 Å². The van der Waals surface area contributed by atoms with E-state index in [1.54, 1.807) is 0 Å². The molecule has 0 radical (unpaired) electrons. The second-order valence-electron chi connectivity index (χ2n) is 5.70. The third-order valence-electron chi connectivity index (χ3n) is 3.51. The molecular formula is C14H22O6S3. The van der Waals surface area contributed by atoms with Crippen LogP contribution in [-0.2, 0) is 29.5 Å². The monoisotopic (exact) mass is 382 g/mol. The van der Waals surface area contributed by atoms with Crippen molar-refractivity contribution in [2.45, 2.75) is 59.8 Å². The largest absolute Gasteiger partial charge is 0.224 e. The Balaban J connectivity index is 3.86. The lowest BCUT2D eigenvalue weighted by molar-refractivity contribution is 0.575. The number of sulfone groups is 3. The first-order valence-corrected chi connectivity index (χ1v) is 11.9. The van der Waals surface area contributed by atoms with E-state index in [4.69, 9.17) is 0 Å². The molecule has 0 N–H and O–H groups in total. The van der Waals surface area contributed by atoms with Gasteiger partial charge in [-0.05, 0) is 45.9 Å². The van der Waals surface area contributed by atoms with Crippen molar-refractivity contribution < 1.29 is 25.3 Å². The molecule has 0 aliphatic rings. The van der Waals surface area contributed by atoms with Gasteiger partial charge in [-0.15, -0.1) is 0 Å². The van der Waals surface area contributed by atoms with Crippen LogP contribution >= 0.6 is 0 Å². The van der Waals surface area contributed by atoms with Crippen LogP contribution < -0.4 is 0 Å². The van der Waals surface area contributed by atoms with Crippen molar-refractivity contribution in [3.05, 3.63) is 18.2 Å². The smallest absolute Gasteiger partial charge is 0.181 e. The molecule has 0 aliphatic heterocycles. The molecule has 0 aliphatic carbocycles. The summed E-state index contributed by atoms with van der Waals surface area (Å²) in [5.74, 6) is -0.321. The van der Waals surface area contributed by atoms with Gasteiger partial charge >= 0.3 is 0 Å². The zero-order valence-electron chi connectivity index (χ0n) is 13.8. The number of benzene rings is 1. The van der Waals surface area contributed by atoms with E-state index in [0.29, 0.717) is 0 Å². The summed E-state index contributed by atoms with van der Waals surface area (Å²) in [6.07, 6.45) is 0. The second-order valence-corrected chi connectivity index (χ2v) is 12.9. The number of rotatable bonds is 6. The minimum absolute atomic E-state index is 0.192. The Morgan fingerprint density at radius 1 is 0.783 bits per heavy atom. The first-order chi connectivity index (χ1) is 10.3. The van der Waals surface area contributed by atoms with E-state index in [9.17, 15) is 25.3 Å². The highest BCUT2D eigenvalue weighted by molar-refractivity contribution is 7.95. The van der Waals surface area contributed by atoms with Gasteiger partial charge in [0.05, 0.1) is 30.9 Å². The lowest BCUT2D eigenvalue weighted by atomic mass is 10.4. The third kappa shape index (κ3) is 3.77. The first kappa shape index (κ1) is 20.1. The molecule has 1 rings (SSSR count). The van der Waals surface area contributed by atoms with E-state index >= 15 is 0 Å². The van der Waals surface area contributed by atoms with Gasteiger partial charge in [-0.2, -0.15) is 0 Å². The van der Waals surface area contributed by atoms with Gasteiger partial charge in [0.2, 0.25) is 0 Å².